The molecule has 28 heavy (non-hydrogen) atoms. The molecule has 148 valence electrons. The number of benzene rings is 1. The molecule has 0 radical (unpaired) electrons. The quantitative estimate of drug-likeness (QED) is 0.805. The molecule has 3 rings (SSSR count). The highest BCUT2D eigenvalue weighted by molar-refractivity contribution is 6.30. The predicted molar refractivity (Wildman–Crippen MR) is 109 cm³/mol. The summed E-state index contributed by atoms with van der Waals surface area (Å²) in [5, 5.41) is 6.26. The van der Waals surface area contributed by atoms with Crippen molar-refractivity contribution in [2.45, 2.75) is 19.5 Å². The van der Waals surface area contributed by atoms with Gasteiger partial charge in [-0.25, -0.2) is 4.79 Å². The lowest BCUT2D eigenvalue weighted by Crippen LogP contribution is -2.55. The summed E-state index contributed by atoms with van der Waals surface area (Å²) in [5.41, 5.74) is 1.86. The van der Waals surface area contributed by atoms with Crippen LogP contribution >= 0.6 is 11.6 Å². The number of piperazine rings is 1. The van der Waals surface area contributed by atoms with Crippen LogP contribution < -0.4 is 15.5 Å². The zero-order valence-corrected chi connectivity index (χ0v) is 16.5. The number of carbonyl (C=O) groups excluding carboxylic acids is 2. The third kappa shape index (κ3) is 5.36. The van der Waals surface area contributed by atoms with Gasteiger partial charge in [-0.3, -0.25) is 9.78 Å². The zero-order valence-electron chi connectivity index (χ0n) is 15.8. The highest BCUT2D eigenvalue weighted by Gasteiger charge is 2.24. The van der Waals surface area contributed by atoms with E-state index in [9.17, 15) is 9.59 Å². The molecule has 0 saturated carbocycles. The van der Waals surface area contributed by atoms with Crippen molar-refractivity contribution >= 4 is 29.2 Å². The Labute approximate surface area is 169 Å². The standard InChI is InChI=1S/C20H24ClN5O2/c1-15(19(27)23-14-17-4-2-3-9-22-17)24-20(28)26-12-10-25(11-13-26)18-7-5-16(21)6-8-18/h2-9,15H,10-14H2,1H3,(H,23,27)(H,24,28). The first kappa shape index (κ1) is 19.9. The Morgan fingerprint density at radius 3 is 2.46 bits per heavy atom. The highest BCUT2D eigenvalue weighted by atomic mass is 35.5. The van der Waals surface area contributed by atoms with Gasteiger partial charge in [-0.15, -0.1) is 0 Å². The van der Waals surface area contributed by atoms with Gasteiger partial charge in [0.2, 0.25) is 5.91 Å². The average Bonchev–Trinajstić information content (AvgIpc) is 2.73. The van der Waals surface area contributed by atoms with E-state index in [1.54, 1.807) is 18.0 Å². The molecule has 1 aliphatic rings. The molecule has 3 amide bonds. The minimum Gasteiger partial charge on any atom is -0.368 e. The summed E-state index contributed by atoms with van der Waals surface area (Å²) in [6.45, 7) is 4.66. The molecule has 2 aromatic rings. The van der Waals surface area contributed by atoms with Crippen molar-refractivity contribution in [2.75, 3.05) is 31.1 Å². The van der Waals surface area contributed by atoms with Crippen LogP contribution in [0.25, 0.3) is 0 Å². The molecule has 0 aliphatic carbocycles. The van der Waals surface area contributed by atoms with Crippen LogP contribution in [-0.2, 0) is 11.3 Å². The summed E-state index contributed by atoms with van der Waals surface area (Å²) < 4.78 is 0. The number of amides is 3. The maximum atomic E-state index is 12.5. The molecule has 1 aromatic carbocycles. The Kier molecular flexibility index (Phi) is 6.71. The van der Waals surface area contributed by atoms with Crippen LogP contribution in [0.5, 0.6) is 0 Å². The molecule has 1 atom stereocenters. The van der Waals surface area contributed by atoms with Crippen molar-refractivity contribution < 1.29 is 9.59 Å². The molecule has 2 heterocycles. The zero-order chi connectivity index (χ0) is 19.9. The number of nitrogens with zero attached hydrogens (tertiary/aromatic N) is 3. The maximum Gasteiger partial charge on any atom is 0.318 e. The van der Waals surface area contributed by atoms with Crippen LogP contribution in [0.2, 0.25) is 5.02 Å². The van der Waals surface area contributed by atoms with Crippen molar-refractivity contribution in [2.24, 2.45) is 0 Å². The van der Waals surface area contributed by atoms with Crippen LogP contribution in [0.15, 0.2) is 48.7 Å². The Morgan fingerprint density at radius 1 is 1.11 bits per heavy atom. The fourth-order valence-corrected chi connectivity index (χ4v) is 3.12. The molecule has 2 N–H and O–H groups in total. The van der Waals surface area contributed by atoms with Crippen molar-refractivity contribution in [3.8, 4) is 0 Å². The maximum absolute atomic E-state index is 12.5. The first-order chi connectivity index (χ1) is 13.5. The molecular formula is C20H24ClN5O2. The van der Waals surface area contributed by atoms with Gasteiger partial charge in [-0.1, -0.05) is 17.7 Å². The summed E-state index contributed by atoms with van der Waals surface area (Å²) in [4.78, 5) is 32.8. The van der Waals surface area contributed by atoms with Crippen LogP contribution in [0.4, 0.5) is 10.5 Å². The van der Waals surface area contributed by atoms with Gasteiger partial charge in [-0.05, 0) is 43.3 Å². The van der Waals surface area contributed by atoms with E-state index in [-0.39, 0.29) is 11.9 Å². The van der Waals surface area contributed by atoms with E-state index in [0.29, 0.717) is 24.7 Å². The third-order valence-corrected chi connectivity index (χ3v) is 4.91. The Bertz CT molecular complexity index is 792. The molecule has 1 fully saturated rings. The molecule has 0 spiro atoms. The molecule has 1 aromatic heterocycles. The molecule has 1 saturated heterocycles. The van der Waals surface area contributed by atoms with E-state index >= 15 is 0 Å². The number of urea groups is 1. The first-order valence-corrected chi connectivity index (χ1v) is 9.64. The van der Waals surface area contributed by atoms with E-state index in [1.807, 2.05) is 42.5 Å². The summed E-state index contributed by atoms with van der Waals surface area (Å²) in [5.74, 6) is -0.237. The van der Waals surface area contributed by atoms with E-state index in [4.69, 9.17) is 11.6 Å². The lowest BCUT2D eigenvalue weighted by Gasteiger charge is -2.36. The van der Waals surface area contributed by atoms with Gasteiger partial charge < -0.3 is 20.4 Å². The fourth-order valence-electron chi connectivity index (χ4n) is 3.00. The largest absolute Gasteiger partial charge is 0.368 e. The van der Waals surface area contributed by atoms with Crippen LogP contribution in [0.3, 0.4) is 0 Å². The Hall–Kier alpha value is -2.80. The minimum atomic E-state index is -0.620. The van der Waals surface area contributed by atoms with Gasteiger partial charge in [0.25, 0.3) is 0 Å². The van der Waals surface area contributed by atoms with E-state index < -0.39 is 6.04 Å². The number of aromatic nitrogens is 1. The molecule has 1 unspecified atom stereocenters. The van der Waals surface area contributed by atoms with Crippen LogP contribution in [0.1, 0.15) is 12.6 Å². The van der Waals surface area contributed by atoms with Gasteiger partial charge >= 0.3 is 6.03 Å². The molecule has 1 aliphatic heterocycles. The smallest absolute Gasteiger partial charge is 0.318 e. The fraction of sp³-hybridized carbons (Fsp3) is 0.350. The Balaban J connectivity index is 1.43. The number of hydrogen-bond acceptors (Lipinski definition) is 4. The number of pyridine rings is 1. The minimum absolute atomic E-state index is 0.226. The first-order valence-electron chi connectivity index (χ1n) is 9.26. The van der Waals surface area contributed by atoms with Crippen molar-refractivity contribution in [1.29, 1.82) is 0 Å². The third-order valence-electron chi connectivity index (χ3n) is 4.66. The summed E-state index contributed by atoms with van der Waals surface area (Å²) in [6, 6.07) is 12.4. The second-order valence-electron chi connectivity index (χ2n) is 6.66. The topological polar surface area (TPSA) is 77.6 Å². The van der Waals surface area contributed by atoms with Gasteiger partial charge in [0, 0.05) is 43.1 Å². The lowest BCUT2D eigenvalue weighted by atomic mass is 10.2. The average molecular weight is 402 g/mol. The summed E-state index contributed by atoms with van der Waals surface area (Å²) >= 11 is 5.93. The second-order valence-corrected chi connectivity index (χ2v) is 7.10. The van der Waals surface area contributed by atoms with E-state index in [1.165, 1.54) is 0 Å². The van der Waals surface area contributed by atoms with Gasteiger partial charge in [0.1, 0.15) is 6.04 Å². The van der Waals surface area contributed by atoms with Crippen molar-refractivity contribution in [3.05, 3.63) is 59.4 Å². The van der Waals surface area contributed by atoms with Gasteiger partial charge in [0.05, 0.1) is 12.2 Å². The summed E-state index contributed by atoms with van der Waals surface area (Å²) in [6.07, 6.45) is 1.68. The second kappa shape index (κ2) is 9.41. The number of rotatable bonds is 5. The molecule has 7 nitrogen and oxygen atoms in total. The van der Waals surface area contributed by atoms with Gasteiger partial charge in [0.15, 0.2) is 0 Å². The number of nitrogens with one attached hydrogen (secondary N) is 2. The number of halogens is 1. The van der Waals surface area contributed by atoms with Crippen LogP contribution in [0, 0.1) is 0 Å². The Morgan fingerprint density at radius 2 is 1.82 bits per heavy atom. The summed E-state index contributed by atoms with van der Waals surface area (Å²) in [7, 11) is 0. The molecule has 0 bridgehead atoms. The monoisotopic (exact) mass is 401 g/mol. The lowest BCUT2D eigenvalue weighted by molar-refractivity contribution is -0.122. The normalized spacial score (nSPS) is 15.1. The van der Waals surface area contributed by atoms with Crippen molar-refractivity contribution in [1.82, 2.24) is 20.5 Å². The molecular weight excluding hydrogens is 378 g/mol. The van der Waals surface area contributed by atoms with Gasteiger partial charge in [-0.2, -0.15) is 0 Å². The number of anilines is 1. The highest BCUT2D eigenvalue weighted by Crippen LogP contribution is 2.19. The number of carbonyl (C=O) groups is 2. The van der Waals surface area contributed by atoms with Crippen molar-refractivity contribution in [3.63, 3.8) is 0 Å². The SMILES string of the molecule is CC(NC(=O)N1CCN(c2ccc(Cl)cc2)CC1)C(=O)NCc1ccccn1. The van der Waals surface area contributed by atoms with E-state index in [2.05, 4.69) is 20.5 Å². The van der Waals surface area contributed by atoms with E-state index in [0.717, 1.165) is 24.5 Å². The number of hydrogen-bond donors (Lipinski definition) is 2. The molecule has 8 heteroatoms. The predicted octanol–water partition coefficient (Wildman–Crippen LogP) is 2.27. The van der Waals surface area contributed by atoms with Crippen LogP contribution in [-0.4, -0.2) is 54.0 Å².